The number of ether oxygens (including phenoxy) is 5. The highest BCUT2D eigenvalue weighted by Gasteiger charge is 2.23. The highest BCUT2D eigenvalue weighted by molar-refractivity contribution is 5.99. The van der Waals surface area contributed by atoms with Crippen LogP contribution in [0.2, 0.25) is 0 Å². The maximum Gasteiger partial charge on any atom is 0.414 e. The van der Waals surface area contributed by atoms with Gasteiger partial charge in [0.05, 0.1) is 56.3 Å². The van der Waals surface area contributed by atoms with E-state index in [4.69, 9.17) is 23.7 Å². The lowest BCUT2D eigenvalue weighted by molar-refractivity contribution is 0.0974. The smallest absolute Gasteiger partial charge is 0.414 e. The van der Waals surface area contributed by atoms with Crippen LogP contribution in [0.4, 0.5) is 72.7 Å². The van der Waals surface area contributed by atoms with E-state index in [0.717, 1.165) is 70.4 Å². The molecule has 12 rings (SSSR count). The number of rotatable bonds is 29. The van der Waals surface area contributed by atoms with Crippen molar-refractivity contribution in [3.8, 4) is 50.4 Å². The van der Waals surface area contributed by atoms with Crippen LogP contribution in [0, 0.1) is 61.9 Å². The van der Waals surface area contributed by atoms with Gasteiger partial charge in [-0.25, -0.2) is 46.7 Å². The van der Waals surface area contributed by atoms with Crippen molar-refractivity contribution in [2.24, 2.45) is 0 Å². The average Bonchev–Trinajstić information content (AvgIpc) is 0.825. The third-order valence-electron chi connectivity index (χ3n) is 20.5. The van der Waals surface area contributed by atoms with Crippen LogP contribution in [0.15, 0.2) is 225 Å². The fourth-order valence-corrected chi connectivity index (χ4v) is 13.2. The predicted octanol–water partition coefficient (Wildman–Crippen LogP) is 22.5. The minimum atomic E-state index is -0.924. The van der Waals surface area contributed by atoms with Crippen LogP contribution in [0.5, 0.6) is 5.88 Å². The number of carbonyl (C=O) groups excluding carboxylic acids is 8. The van der Waals surface area contributed by atoms with Crippen molar-refractivity contribution in [2.45, 2.75) is 99.8 Å². The molecule has 128 heavy (non-hydrogen) atoms. The van der Waals surface area contributed by atoms with Gasteiger partial charge >= 0.3 is 24.4 Å². The van der Waals surface area contributed by atoms with Crippen molar-refractivity contribution in [3.05, 3.63) is 327 Å². The molecule has 4 aromatic heterocycles. The Balaban J connectivity index is 0.000000193. The van der Waals surface area contributed by atoms with Crippen molar-refractivity contribution in [1.29, 1.82) is 0 Å². The Morgan fingerprint density at radius 3 is 0.867 bits per heavy atom. The number of anilines is 4. The fraction of sp³-hybridized carbons (Fsp3) is 0.240. The number of halogens is 7. The first-order chi connectivity index (χ1) is 61.3. The van der Waals surface area contributed by atoms with Gasteiger partial charge in [-0.05, 0) is 208 Å². The van der Waals surface area contributed by atoms with Gasteiger partial charge in [-0.3, -0.25) is 43.8 Å². The number of hydrogen-bond acceptors (Lipinski definition) is 17. The highest BCUT2D eigenvalue weighted by Crippen LogP contribution is 2.33. The molecule has 0 fully saturated rings. The lowest BCUT2D eigenvalue weighted by atomic mass is 9.99. The van der Waals surface area contributed by atoms with E-state index < -0.39 is 65.5 Å². The molecule has 21 nitrogen and oxygen atoms in total. The molecule has 8 aromatic carbocycles. The molecule has 0 saturated heterocycles. The van der Waals surface area contributed by atoms with E-state index in [0.29, 0.717) is 93.7 Å². The van der Waals surface area contributed by atoms with Crippen molar-refractivity contribution in [3.63, 3.8) is 0 Å². The summed E-state index contributed by atoms with van der Waals surface area (Å²) in [5, 5.41) is 0. The molecule has 0 aliphatic rings. The second kappa shape index (κ2) is 47.0. The number of benzene rings is 8. The molecule has 0 atom stereocenters. The summed E-state index contributed by atoms with van der Waals surface area (Å²) in [5.41, 5.74) is 13.6. The molecule has 664 valence electrons. The number of aryl methyl sites for hydroxylation is 7. The van der Waals surface area contributed by atoms with Crippen molar-refractivity contribution in [1.82, 2.24) is 19.9 Å². The van der Waals surface area contributed by atoms with Crippen LogP contribution in [0.3, 0.4) is 0 Å². The molecule has 0 N–H and O–H groups in total. The molecule has 0 aliphatic heterocycles. The zero-order valence-corrected chi connectivity index (χ0v) is 72.9. The standard InChI is InChI=1S/C26H27FN2O3.C25H24F2N2O3.C25H25FN2O4.C24H21F3N2O3/c1-5-32-26(31)29(4)24-14-12-22(16-23(24)27)20-8-10-21(11-9-20)25(30)15-13-19-7-6-17(2)28-18(19)3;1-4-32-25(31)29(3)22-12-9-20(15-21(22)26)18-5-7-19(8-6-18)23(30)13-10-17-11-14-24(27)28-16(17)2;1-4-32-25(30)28(2)22-12-11-20(15-21(22)26)18-7-9-19(10-8-18)23(29)13-5-17-6-14-24(31-3)27-16-17;1-3-32-24(31)29(2)20-11-8-18(14-19(20)25)15-4-6-16(7-5-15)21(30)12-9-17-10-13-22(26)28-23(17)27/h6-12,14,16H,5,13,15H2,1-4H3;5-9,11-12,14-15H,4,10,13H2,1-3H3;6-12,14-16H,4-5,13H2,1-3H3;4-8,10-11,13-14H,3,9,12H2,1-2H3. The fourth-order valence-electron chi connectivity index (χ4n) is 13.2. The number of nitrogens with zero attached hydrogens (tertiary/aromatic N) is 8. The van der Waals surface area contributed by atoms with Crippen LogP contribution in [-0.4, -0.2) is 129 Å². The Morgan fingerprint density at radius 2 is 0.594 bits per heavy atom. The van der Waals surface area contributed by atoms with Crippen molar-refractivity contribution >= 4 is 70.3 Å². The molecule has 0 radical (unpaired) electrons. The monoisotopic (exact) mass is 1750 g/mol. The summed E-state index contributed by atoms with van der Waals surface area (Å²) in [6.45, 7) is 13.2. The van der Waals surface area contributed by atoms with Crippen LogP contribution < -0.4 is 24.3 Å². The van der Waals surface area contributed by atoms with Gasteiger partial charge in [0.1, 0.15) is 23.3 Å². The van der Waals surface area contributed by atoms with Gasteiger partial charge in [-0.2, -0.15) is 18.2 Å². The zero-order chi connectivity index (χ0) is 92.8. The SMILES string of the molecule is CCOC(=O)N(C)c1ccc(-c2ccc(C(=O)CCc3ccc(C)nc3C)cc2)cc1F.CCOC(=O)N(C)c1ccc(-c2ccc(C(=O)CCc3ccc(F)nc3C)cc2)cc1F.CCOC(=O)N(C)c1ccc(-c2ccc(C(=O)CCc3ccc(F)nc3F)cc2)cc1F.CCOC(=O)N(C)c1ccc(-c2ccc(C(=O)CCc3ccc(OC)nc3)cc2)cc1F. The Bertz CT molecular complexity index is 5480. The minimum Gasteiger partial charge on any atom is -0.481 e. The number of amides is 4. The first kappa shape index (κ1) is 97.2. The zero-order valence-electron chi connectivity index (χ0n) is 72.9. The predicted molar refractivity (Wildman–Crippen MR) is 477 cm³/mol. The molecule has 4 amide bonds. The van der Waals surface area contributed by atoms with Gasteiger partial charge in [0.2, 0.25) is 23.7 Å². The van der Waals surface area contributed by atoms with Gasteiger partial charge in [-0.15, -0.1) is 0 Å². The Labute approximate surface area is 738 Å². The van der Waals surface area contributed by atoms with Crippen LogP contribution >= 0.6 is 0 Å². The van der Waals surface area contributed by atoms with Gasteiger partial charge in [0.15, 0.2) is 23.1 Å². The van der Waals surface area contributed by atoms with Gasteiger partial charge in [0, 0.05) is 111 Å². The quantitative estimate of drug-likeness (QED) is 0.0183. The summed E-state index contributed by atoms with van der Waals surface area (Å²) in [6.07, 6.45) is 2.04. The van der Waals surface area contributed by atoms with Gasteiger partial charge in [0.25, 0.3) is 0 Å². The van der Waals surface area contributed by atoms with Crippen LogP contribution in [-0.2, 0) is 44.6 Å². The number of aromatic nitrogens is 4. The second-order valence-electron chi connectivity index (χ2n) is 29.1. The molecule has 0 aliphatic carbocycles. The molecule has 0 spiro atoms. The lowest BCUT2D eigenvalue weighted by Gasteiger charge is -2.17. The summed E-state index contributed by atoms with van der Waals surface area (Å²) in [5.74, 6) is -4.23. The molecular formula is C100H97F7N8O13. The number of methoxy groups -OCH3 is 1. The molecule has 4 heterocycles. The lowest BCUT2D eigenvalue weighted by Crippen LogP contribution is -2.27. The van der Waals surface area contributed by atoms with Crippen molar-refractivity contribution in [2.75, 3.05) is 81.3 Å². The molecule has 0 unspecified atom stereocenters. The Hall–Kier alpha value is -14.6. The molecular weight excluding hydrogens is 1650 g/mol. The average molecular weight is 1750 g/mol. The Kier molecular flexibility index (Phi) is 35.7. The van der Waals surface area contributed by atoms with E-state index in [1.54, 1.807) is 187 Å². The summed E-state index contributed by atoms with van der Waals surface area (Å²) in [4.78, 5) is 117. The van der Waals surface area contributed by atoms with E-state index in [1.807, 2.05) is 32.0 Å². The first-order valence-electron chi connectivity index (χ1n) is 41.0. The normalized spacial score (nSPS) is 10.6. The third kappa shape index (κ3) is 27.0. The first-order valence-corrected chi connectivity index (χ1v) is 41.0. The van der Waals surface area contributed by atoms with Gasteiger partial charge < -0.3 is 23.7 Å². The Morgan fingerprint density at radius 1 is 0.312 bits per heavy atom. The van der Waals surface area contributed by atoms with E-state index in [1.165, 1.54) is 82.8 Å². The maximum absolute atomic E-state index is 14.6. The topological polar surface area (TPSA) is 247 Å². The number of pyridine rings is 4. The van der Waals surface area contributed by atoms with E-state index >= 15 is 0 Å². The minimum absolute atomic E-state index is 0.0185. The third-order valence-corrected chi connectivity index (χ3v) is 20.5. The summed E-state index contributed by atoms with van der Waals surface area (Å²) in [6, 6.07) is 58.8. The molecule has 12 aromatic rings. The highest BCUT2D eigenvalue weighted by atomic mass is 19.2. The summed E-state index contributed by atoms with van der Waals surface area (Å²) >= 11 is 0. The molecule has 28 heteroatoms. The van der Waals surface area contributed by atoms with E-state index in [9.17, 15) is 69.1 Å². The van der Waals surface area contributed by atoms with E-state index in [-0.39, 0.29) is 97.1 Å². The number of ketones is 4. The summed E-state index contributed by atoms with van der Waals surface area (Å²) in [7, 11) is 7.34. The van der Waals surface area contributed by atoms with Crippen molar-refractivity contribution < 1.29 is 92.8 Å². The molecule has 0 bridgehead atoms. The maximum atomic E-state index is 14.6. The number of hydrogen-bond donors (Lipinski definition) is 0. The summed E-state index contributed by atoms with van der Waals surface area (Å²) < 4.78 is 123. The van der Waals surface area contributed by atoms with Gasteiger partial charge in [-0.1, -0.05) is 140 Å². The second-order valence-corrected chi connectivity index (χ2v) is 29.1. The van der Waals surface area contributed by atoms with E-state index in [2.05, 4.69) is 19.9 Å². The van der Waals surface area contributed by atoms with Crippen LogP contribution in [0.25, 0.3) is 44.5 Å². The number of Topliss-reactive ketones (excluding diaryl/α,β-unsaturated/α-hetero) is 4. The van der Waals surface area contributed by atoms with Crippen LogP contribution in [0.1, 0.15) is 134 Å². The molecule has 0 saturated carbocycles. The largest absolute Gasteiger partial charge is 0.481 e. The number of carbonyl (C=O) groups is 8.